The molecular formula is C21H25N5O2. The zero-order valence-corrected chi connectivity index (χ0v) is 15.8. The molecule has 0 radical (unpaired) electrons. The number of aliphatic hydroxyl groups excluding tert-OH is 1. The van der Waals surface area contributed by atoms with Crippen molar-refractivity contribution in [2.24, 2.45) is 0 Å². The Labute approximate surface area is 163 Å². The van der Waals surface area contributed by atoms with Crippen molar-refractivity contribution in [2.75, 3.05) is 26.2 Å². The summed E-state index contributed by atoms with van der Waals surface area (Å²) in [4.78, 5) is 24.7. The number of nitrogens with one attached hydrogen (secondary N) is 1. The lowest BCUT2D eigenvalue weighted by molar-refractivity contribution is 0.0759. The van der Waals surface area contributed by atoms with Gasteiger partial charge in [0.25, 0.3) is 5.91 Å². The number of fused-ring (bicyclic) bond motifs is 2. The fourth-order valence-electron chi connectivity index (χ4n) is 4.34. The van der Waals surface area contributed by atoms with Gasteiger partial charge in [-0.25, -0.2) is 4.98 Å². The summed E-state index contributed by atoms with van der Waals surface area (Å²) in [5.41, 5.74) is 3.03. The van der Waals surface area contributed by atoms with Crippen LogP contribution in [0.4, 0.5) is 0 Å². The second kappa shape index (κ2) is 7.07. The standard InChI is InChI=1S/C21H25N5O2/c27-17-5-9-26(13-17)21(28)18-14-25-11-10-24(8-6-19(25)23-18)12-16-3-1-2-15-4-7-22-20(15)16/h1-4,7,14,17,22,27H,5-6,8-13H2. The molecule has 1 aromatic carbocycles. The van der Waals surface area contributed by atoms with Gasteiger partial charge in [-0.3, -0.25) is 9.69 Å². The van der Waals surface area contributed by atoms with Crippen molar-refractivity contribution in [1.82, 2.24) is 24.3 Å². The highest BCUT2D eigenvalue weighted by Crippen LogP contribution is 2.20. The van der Waals surface area contributed by atoms with E-state index in [9.17, 15) is 9.90 Å². The Morgan fingerprint density at radius 1 is 1.21 bits per heavy atom. The summed E-state index contributed by atoms with van der Waals surface area (Å²) >= 11 is 0. The first-order chi connectivity index (χ1) is 13.7. The smallest absolute Gasteiger partial charge is 0.274 e. The number of aromatic amines is 1. The first-order valence-electron chi connectivity index (χ1n) is 9.98. The van der Waals surface area contributed by atoms with E-state index >= 15 is 0 Å². The van der Waals surface area contributed by atoms with Gasteiger partial charge in [0.05, 0.1) is 6.10 Å². The lowest BCUT2D eigenvalue weighted by Crippen LogP contribution is -2.30. The van der Waals surface area contributed by atoms with Gasteiger partial charge < -0.3 is 19.6 Å². The number of hydrogen-bond donors (Lipinski definition) is 2. The molecule has 2 aliphatic heterocycles. The van der Waals surface area contributed by atoms with Crippen molar-refractivity contribution in [3.63, 3.8) is 0 Å². The lowest BCUT2D eigenvalue weighted by Gasteiger charge is -2.20. The number of β-amino-alcohol motifs (C(OH)–C–C–N with tert-alkyl or cyclic N) is 1. The zero-order valence-electron chi connectivity index (χ0n) is 15.8. The Bertz CT molecular complexity index is 982. The summed E-state index contributed by atoms with van der Waals surface area (Å²) in [6, 6.07) is 8.53. The number of nitrogens with zero attached hydrogens (tertiary/aromatic N) is 4. The number of likely N-dealkylation sites (tertiary alicyclic amines) is 1. The van der Waals surface area contributed by atoms with Crippen molar-refractivity contribution in [3.8, 4) is 0 Å². The second-order valence-electron chi connectivity index (χ2n) is 7.81. The van der Waals surface area contributed by atoms with Gasteiger partial charge in [-0.1, -0.05) is 18.2 Å². The first kappa shape index (κ1) is 17.5. The van der Waals surface area contributed by atoms with Crippen LogP contribution in [-0.4, -0.2) is 67.6 Å². The fourth-order valence-corrected chi connectivity index (χ4v) is 4.34. The van der Waals surface area contributed by atoms with Crippen LogP contribution in [0.15, 0.2) is 36.7 Å². The van der Waals surface area contributed by atoms with Crippen LogP contribution in [0, 0.1) is 0 Å². The van der Waals surface area contributed by atoms with Gasteiger partial charge in [0, 0.05) is 63.6 Å². The summed E-state index contributed by atoms with van der Waals surface area (Å²) in [5, 5.41) is 10.9. The van der Waals surface area contributed by atoms with E-state index in [0.29, 0.717) is 25.2 Å². The summed E-state index contributed by atoms with van der Waals surface area (Å²) in [6.45, 7) is 4.61. The third-order valence-corrected chi connectivity index (χ3v) is 5.91. The maximum absolute atomic E-state index is 12.6. The molecule has 2 aliphatic rings. The third-order valence-electron chi connectivity index (χ3n) is 5.91. The van der Waals surface area contributed by atoms with Crippen molar-refractivity contribution in [3.05, 3.63) is 53.7 Å². The Balaban J connectivity index is 1.27. The molecule has 1 amide bonds. The fraction of sp³-hybridized carbons (Fsp3) is 0.429. The molecule has 2 aromatic heterocycles. The van der Waals surface area contributed by atoms with Crippen LogP contribution < -0.4 is 0 Å². The monoisotopic (exact) mass is 379 g/mol. The van der Waals surface area contributed by atoms with E-state index in [1.54, 1.807) is 4.90 Å². The van der Waals surface area contributed by atoms with E-state index in [0.717, 1.165) is 38.4 Å². The number of rotatable bonds is 3. The van der Waals surface area contributed by atoms with Crippen molar-refractivity contribution >= 4 is 16.8 Å². The summed E-state index contributed by atoms with van der Waals surface area (Å²) in [5.74, 6) is 0.913. The molecule has 0 saturated carbocycles. The molecule has 0 spiro atoms. The quantitative estimate of drug-likeness (QED) is 0.725. The molecular weight excluding hydrogens is 354 g/mol. The van der Waals surface area contributed by atoms with E-state index in [1.807, 2.05) is 12.4 Å². The highest BCUT2D eigenvalue weighted by molar-refractivity contribution is 5.92. The van der Waals surface area contributed by atoms with Gasteiger partial charge in [0.15, 0.2) is 0 Å². The number of carbonyl (C=O) groups is 1. The molecule has 1 saturated heterocycles. The van der Waals surface area contributed by atoms with E-state index in [2.05, 4.69) is 43.7 Å². The van der Waals surface area contributed by atoms with Gasteiger partial charge in [-0.05, 0) is 23.4 Å². The molecule has 5 rings (SSSR count). The van der Waals surface area contributed by atoms with E-state index < -0.39 is 6.10 Å². The van der Waals surface area contributed by atoms with Crippen molar-refractivity contribution in [1.29, 1.82) is 0 Å². The number of hydrogen-bond acceptors (Lipinski definition) is 4. The lowest BCUT2D eigenvalue weighted by atomic mass is 10.1. The van der Waals surface area contributed by atoms with E-state index in [-0.39, 0.29) is 5.91 Å². The van der Waals surface area contributed by atoms with Crippen LogP contribution in [-0.2, 0) is 19.5 Å². The minimum Gasteiger partial charge on any atom is -0.391 e. The molecule has 0 aliphatic carbocycles. The number of H-pyrrole nitrogens is 1. The summed E-state index contributed by atoms with van der Waals surface area (Å²) < 4.78 is 2.12. The molecule has 1 fully saturated rings. The van der Waals surface area contributed by atoms with E-state index in [1.165, 1.54) is 16.5 Å². The number of benzene rings is 1. The van der Waals surface area contributed by atoms with Crippen LogP contribution in [0.3, 0.4) is 0 Å². The number of para-hydroxylation sites is 1. The van der Waals surface area contributed by atoms with Crippen LogP contribution in [0.2, 0.25) is 0 Å². The second-order valence-corrected chi connectivity index (χ2v) is 7.81. The maximum atomic E-state index is 12.6. The average molecular weight is 379 g/mol. The maximum Gasteiger partial charge on any atom is 0.274 e. The number of carbonyl (C=O) groups excluding carboxylic acids is 1. The Morgan fingerprint density at radius 3 is 3.00 bits per heavy atom. The number of aliphatic hydroxyl groups is 1. The number of imidazole rings is 1. The predicted molar refractivity (Wildman–Crippen MR) is 106 cm³/mol. The number of amides is 1. The molecule has 1 unspecified atom stereocenters. The highest BCUT2D eigenvalue weighted by Gasteiger charge is 2.28. The average Bonchev–Trinajstić information content (AvgIpc) is 3.41. The molecule has 1 atom stereocenters. The Morgan fingerprint density at radius 2 is 2.14 bits per heavy atom. The van der Waals surface area contributed by atoms with Gasteiger partial charge in [-0.15, -0.1) is 0 Å². The van der Waals surface area contributed by atoms with Crippen molar-refractivity contribution in [2.45, 2.75) is 32.0 Å². The minimum absolute atomic E-state index is 0.0626. The third kappa shape index (κ3) is 3.21. The SMILES string of the molecule is O=C(c1cn2c(n1)CCN(Cc1cccc3cc[nH]c13)CC2)N1CCC(O)C1. The van der Waals surface area contributed by atoms with Crippen LogP contribution in [0.1, 0.15) is 28.3 Å². The molecule has 4 heterocycles. The highest BCUT2D eigenvalue weighted by atomic mass is 16.3. The Hall–Kier alpha value is -2.64. The van der Waals surface area contributed by atoms with Gasteiger partial charge >= 0.3 is 0 Å². The molecule has 146 valence electrons. The minimum atomic E-state index is -0.401. The molecule has 0 bridgehead atoms. The van der Waals surface area contributed by atoms with E-state index in [4.69, 9.17) is 0 Å². The van der Waals surface area contributed by atoms with Gasteiger partial charge in [0.2, 0.25) is 0 Å². The Kier molecular flexibility index (Phi) is 4.41. The van der Waals surface area contributed by atoms with Crippen LogP contribution in [0.5, 0.6) is 0 Å². The molecule has 2 N–H and O–H groups in total. The summed E-state index contributed by atoms with van der Waals surface area (Å²) in [6.07, 6.45) is 4.96. The first-order valence-corrected chi connectivity index (χ1v) is 9.98. The predicted octanol–water partition coefficient (Wildman–Crippen LogP) is 1.63. The zero-order chi connectivity index (χ0) is 19.1. The molecule has 7 heteroatoms. The van der Waals surface area contributed by atoms with Crippen LogP contribution >= 0.6 is 0 Å². The van der Waals surface area contributed by atoms with Crippen molar-refractivity contribution < 1.29 is 9.90 Å². The molecule has 28 heavy (non-hydrogen) atoms. The normalized spacial score (nSPS) is 20.5. The topological polar surface area (TPSA) is 77.4 Å². The van der Waals surface area contributed by atoms with Gasteiger partial charge in [0.1, 0.15) is 11.5 Å². The number of aromatic nitrogens is 3. The van der Waals surface area contributed by atoms with Crippen LogP contribution in [0.25, 0.3) is 10.9 Å². The molecule has 7 nitrogen and oxygen atoms in total. The largest absolute Gasteiger partial charge is 0.391 e. The van der Waals surface area contributed by atoms with Gasteiger partial charge in [-0.2, -0.15) is 0 Å². The summed E-state index contributed by atoms with van der Waals surface area (Å²) in [7, 11) is 0. The molecule has 3 aromatic rings.